The fraction of sp³-hybridized carbons (Fsp3) is 0.250. The highest BCUT2D eigenvalue weighted by atomic mass is 32.2. The molecule has 4 rings (SSSR count). The maximum atomic E-state index is 6.20. The van der Waals surface area contributed by atoms with Crippen LogP contribution in [0.25, 0.3) is 11.0 Å². The molecule has 2 aromatic heterocycles. The van der Waals surface area contributed by atoms with E-state index in [0.717, 1.165) is 29.1 Å². The van der Waals surface area contributed by atoms with Crippen LogP contribution in [0.2, 0.25) is 0 Å². The van der Waals surface area contributed by atoms with Gasteiger partial charge in [0.05, 0.1) is 5.92 Å². The number of hydrogen-bond acceptors (Lipinski definition) is 5. The summed E-state index contributed by atoms with van der Waals surface area (Å²) in [6.07, 6.45) is 12.0. The molecule has 1 aliphatic carbocycles. The van der Waals surface area contributed by atoms with Crippen LogP contribution < -0.4 is 10.5 Å². The lowest BCUT2D eigenvalue weighted by atomic mass is 9.99. The van der Waals surface area contributed by atoms with Crippen molar-refractivity contribution in [1.29, 1.82) is 0 Å². The number of fused-ring (bicyclic) bond motifs is 2. The van der Waals surface area contributed by atoms with Crippen LogP contribution in [0.3, 0.4) is 0 Å². The van der Waals surface area contributed by atoms with E-state index in [0.29, 0.717) is 11.1 Å². The summed E-state index contributed by atoms with van der Waals surface area (Å²) in [5.74, 6) is 2.41. The molecule has 5 nitrogen and oxygen atoms in total. The second-order valence-corrected chi connectivity index (χ2v) is 6.31. The van der Waals surface area contributed by atoms with Crippen LogP contribution in [0.15, 0.2) is 48.0 Å². The van der Waals surface area contributed by atoms with E-state index in [9.17, 15) is 0 Å². The molecule has 0 radical (unpaired) electrons. The molecule has 0 aromatic carbocycles. The normalized spacial score (nSPS) is 22.9. The summed E-state index contributed by atoms with van der Waals surface area (Å²) in [4.78, 5) is 8.43. The van der Waals surface area contributed by atoms with Gasteiger partial charge in [-0.3, -0.25) is 0 Å². The lowest BCUT2D eigenvalue weighted by molar-refractivity contribution is 0.383. The van der Waals surface area contributed by atoms with Crippen LogP contribution in [-0.2, 0) is 6.54 Å². The van der Waals surface area contributed by atoms with Crippen molar-refractivity contribution in [1.82, 2.24) is 14.5 Å². The second kappa shape index (κ2) is 5.21. The standard InChI is InChI=1S/C16H16N4OS/c1-2-20-7-11(14-15(17)18-9-19-16(14)20)21-12-8-22-13-6-4-3-5-10(12)13/h3-10,13H,2H2,1H3,(H2,17,18,19). The molecule has 0 spiro atoms. The van der Waals surface area contributed by atoms with E-state index in [1.165, 1.54) is 6.33 Å². The summed E-state index contributed by atoms with van der Waals surface area (Å²) in [5, 5.41) is 3.30. The fourth-order valence-electron chi connectivity index (χ4n) is 2.85. The minimum atomic E-state index is 0.279. The van der Waals surface area contributed by atoms with E-state index in [-0.39, 0.29) is 5.92 Å². The SMILES string of the molecule is CCn1cc(OC2=CSC3C=CC=CC23)c2c(N)ncnc21. The van der Waals surface area contributed by atoms with Crippen molar-refractivity contribution in [3.8, 4) is 5.75 Å². The smallest absolute Gasteiger partial charge is 0.157 e. The molecular weight excluding hydrogens is 296 g/mol. The summed E-state index contributed by atoms with van der Waals surface area (Å²) in [7, 11) is 0. The van der Waals surface area contributed by atoms with Crippen molar-refractivity contribution in [2.24, 2.45) is 5.92 Å². The van der Waals surface area contributed by atoms with E-state index >= 15 is 0 Å². The van der Waals surface area contributed by atoms with E-state index in [1.807, 2.05) is 10.8 Å². The summed E-state index contributed by atoms with van der Waals surface area (Å²) in [6.45, 7) is 2.87. The van der Waals surface area contributed by atoms with Crippen LogP contribution in [-0.4, -0.2) is 19.8 Å². The maximum absolute atomic E-state index is 6.20. The zero-order chi connectivity index (χ0) is 15.1. The molecule has 0 fully saturated rings. The lowest BCUT2D eigenvalue weighted by Crippen LogP contribution is -2.15. The Balaban J connectivity index is 1.73. The molecule has 0 saturated carbocycles. The molecule has 2 atom stereocenters. The van der Waals surface area contributed by atoms with E-state index in [4.69, 9.17) is 10.5 Å². The zero-order valence-electron chi connectivity index (χ0n) is 12.1. The van der Waals surface area contributed by atoms with Crippen LogP contribution in [0.4, 0.5) is 5.82 Å². The number of nitrogen functional groups attached to an aromatic ring is 1. The van der Waals surface area contributed by atoms with Gasteiger partial charge in [-0.2, -0.15) is 0 Å². The first-order valence-electron chi connectivity index (χ1n) is 7.25. The summed E-state index contributed by atoms with van der Waals surface area (Å²) < 4.78 is 8.22. The molecular formula is C16H16N4OS. The van der Waals surface area contributed by atoms with Crippen LogP contribution in [0.5, 0.6) is 5.75 Å². The number of anilines is 1. The van der Waals surface area contributed by atoms with Gasteiger partial charge in [-0.15, -0.1) is 11.8 Å². The number of nitrogens with two attached hydrogens (primary N) is 1. The molecule has 22 heavy (non-hydrogen) atoms. The monoisotopic (exact) mass is 312 g/mol. The first-order valence-corrected chi connectivity index (χ1v) is 8.20. The summed E-state index contributed by atoms with van der Waals surface area (Å²) in [6, 6.07) is 0. The predicted molar refractivity (Wildman–Crippen MR) is 89.5 cm³/mol. The average Bonchev–Trinajstić information content (AvgIpc) is 3.11. The Morgan fingerprint density at radius 1 is 1.32 bits per heavy atom. The quantitative estimate of drug-likeness (QED) is 0.943. The van der Waals surface area contributed by atoms with Crippen molar-refractivity contribution < 1.29 is 4.74 Å². The number of hydrogen-bond donors (Lipinski definition) is 1. The Bertz CT molecular complexity index is 821. The largest absolute Gasteiger partial charge is 0.458 e. The second-order valence-electron chi connectivity index (χ2n) is 5.26. The van der Waals surface area contributed by atoms with Crippen LogP contribution >= 0.6 is 11.8 Å². The van der Waals surface area contributed by atoms with Crippen molar-refractivity contribution in [3.63, 3.8) is 0 Å². The number of nitrogens with zero attached hydrogens (tertiary/aromatic N) is 3. The van der Waals surface area contributed by atoms with Gasteiger partial charge in [0.1, 0.15) is 28.9 Å². The van der Waals surface area contributed by atoms with Gasteiger partial charge in [-0.25, -0.2) is 9.97 Å². The Hall–Kier alpha value is -2.21. The number of aryl methyl sites for hydroxylation is 1. The number of aromatic nitrogens is 3. The minimum absolute atomic E-state index is 0.279. The number of rotatable bonds is 3. The number of allylic oxidation sites excluding steroid dienone is 3. The lowest BCUT2D eigenvalue weighted by Gasteiger charge is -2.18. The molecule has 3 heterocycles. The Morgan fingerprint density at radius 2 is 2.18 bits per heavy atom. The predicted octanol–water partition coefficient (Wildman–Crippen LogP) is 3.11. The molecule has 1 aliphatic heterocycles. The first kappa shape index (κ1) is 13.5. The van der Waals surface area contributed by atoms with Gasteiger partial charge in [-0.05, 0) is 6.92 Å². The third-order valence-corrected chi connectivity index (χ3v) is 5.10. The number of thioether (sulfide) groups is 1. The highest BCUT2D eigenvalue weighted by Crippen LogP contribution is 2.41. The maximum Gasteiger partial charge on any atom is 0.157 e. The molecule has 0 bridgehead atoms. The van der Waals surface area contributed by atoms with Crippen molar-refractivity contribution in [3.05, 3.63) is 48.0 Å². The van der Waals surface area contributed by atoms with Gasteiger partial charge in [0, 0.05) is 23.4 Å². The number of ether oxygens (including phenoxy) is 1. The third kappa shape index (κ3) is 2.02. The molecule has 0 saturated heterocycles. The molecule has 2 unspecified atom stereocenters. The highest BCUT2D eigenvalue weighted by molar-refractivity contribution is 8.03. The van der Waals surface area contributed by atoms with Gasteiger partial charge in [0.2, 0.25) is 0 Å². The average molecular weight is 312 g/mol. The van der Waals surface area contributed by atoms with Gasteiger partial charge in [-0.1, -0.05) is 24.3 Å². The molecule has 112 valence electrons. The van der Waals surface area contributed by atoms with Crippen molar-refractivity contribution in [2.45, 2.75) is 18.7 Å². The molecule has 6 heteroatoms. The highest BCUT2D eigenvalue weighted by Gasteiger charge is 2.30. The minimum Gasteiger partial charge on any atom is -0.458 e. The zero-order valence-corrected chi connectivity index (χ0v) is 13.0. The topological polar surface area (TPSA) is 66.0 Å². The van der Waals surface area contributed by atoms with Gasteiger partial charge in [0.15, 0.2) is 5.75 Å². The third-order valence-electron chi connectivity index (χ3n) is 3.97. The Kier molecular flexibility index (Phi) is 3.18. The van der Waals surface area contributed by atoms with Gasteiger partial charge in [0.25, 0.3) is 0 Å². The van der Waals surface area contributed by atoms with Crippen molar-refractivity contribution in [2.75, 3.05) is 5.73 Å². The molecule has 2 aliphatic rings. The Morgan fingerprint density at radius 3 is 3.05 bits per heavy atom. The van der Waals surface area contributed by atoms with E-state index in [2.05, 4.69) is 46.6 Å². The van der Waals surface area contributed by atoms with Gasteiger partial charge >= 0.3 is 0 Å². The molecule has 2 aromatic rings. The summed E-state index contributed by atoms with van der Waals surface area (Å²) in [5.41, 5.74) is 6.85. The fourth-order valence-corrected chi connectivity index (χ4v) is 3.92. The first-order chi connectivity index (χ1) is 10.8. The summed E-state index contributed by atoms with van der Waals surface area (Å²) >= 11 is 1.78. The van der Waals surface area contributed by atoms with Gasteiger partial charge < -0.3 is 15.0 Å². The Labute approximate surface area is 132 Å². The molecule has 2 N–H and O–H groups in total. The van der Waals surface area contributed by atoms with Crippen LogP contribution in [0, 0.1) is 5.92 Å². The molecule has 0 amide bonds. The van der Waals surface area contributed by atoms with Crippen LogP contribution in [0.1, 0.15) is 6.92 Å². The van der Waals surface area contributed by atoms with E-state index < -0.39 is 0 Å². The van der Waals surface area contributed by atoms with Crippen molar-refractivity contribution >= 4 is 28.6 Å². The van der Waals surface area contributed by atoms with E-state index in [1.54, 1.807) is 11.8 Å².